The zero-order chi connectivity index (χ0) is 18.6. The van der Waals surface area contributed by atoms with Crippen LogP contribution in [0.15, 0.2) is 24.3 Å². The molecular weight excluding hydrogens is 349 g/mol. The smallest absolute Gasteiger partial charge is 0.315 e. The van der Waals surface area contributed by atoms with E-state index in [9.17, 15) is 22.4 Å². The van der Waals surface area contributed by atoms with Crippen molar-refractivity contribution in [2.75, 3.05) is 16.8 Å². The SMILES string of the molecule is CC(C)[C@H](NC(=O)N[C@H]1CCS(=O)(=O)C1)C(=O)Nc1ccc(F)cc1. The molecule has 9 heteroatoms. The Kier molecular flexibility index (Phi) is 5.99. The van der Waals surface area contributed by atoms with Crippen LogP contribution in [0.4, 0.5) is 14.9 Å². The van der Waals surface area contributed by atoms with Crippen molar-refractivity contribution in [1.82, 2.24) is 10.6 Å². The highest BCUT2D eigenvalue weighted by Gasteiger charge is 2.30. The first-order valence-corrected chi connectivity index (χ1v) is 9.82. The van der Waals surface area contributed by atoms with Crippen molar-refractivity contribution < 1.29 is 22.4 Å². The van der Waals surface area contributed by atoms with Crippen LogP contribution in [0.5, 0.6) is 0 Å². The summed E-state index contributed by atoms with van der Waals surface area (Å²) in [5, 5.41) is 7.78. The van der Waals surface area contributed by atoms with Crippen LogP contribution in [-0.4, -0.2) is 43.9 Å². The van der Waals surface area contributed by atoms with Gasteiger partial charge in [-0.3, -0.25) is 4.79 Å². The quantitative estimate of drug-likeness (QED) is 0.725. The fourth-order valence-electron chi connectivity index (χ4n) is 2.57. The Hall–Kier alpha value is -2.16. The van der Waals surface area contributed by atoms with Gasteiger partial charge in [-0.2, -0.15) is 0 Å². The third kappa shape index (κ3) is 5.70. The molecule has 0 unspecified atom stereocenters. The number of nitrogens with one attached hydrogen (secondary N) is 3. The Morgan fingerprint density at radius 1 is 1.20 bits per heavy atom. The maximum Gasteiger partial charge on any atom is 0.315 e. The van der Waals surface area contributed by atoms with E-state index in [1.165, 1.54) is 24.3 Å². The number of benzene rings is 1. The van der Waals surface area contributed by atoms with E-state index >= 15 is 0 Å². The van der Waals surface area contributed by atoms with Gasteiger partial charge in [0.1, 0.15) is 11.9 Å². The van der Waals surface area contributed by atoms with Crippen LogP contribution >= 0.6 is 0 Å². The van der Waals surface area contributed by atoms with Gasteiger partial charge in [-0.05, 0) is 36.6 Å². The molecule has 0 aromatic heterocycles. The first kappa shape index (κ1) is 19.2. The molecule has 1 saturated heterocycles. The molecule has 2 atom stereocenters. The molecule has 1 aromatic carbocycles. The molecule has 1 aliphatic rings. The molecule has 3 amide bonds. The summed E-state index contributed by atoms with van der Waals surface area (Å²) in [6, 6.07) is 3.44. The highest BCUT2D eigenvalue weighted by atomic mass is 32.2. The second-order valence-corrected chi connectivity index (χ2v) is 8.66. The van der Waals surface area contributed by atoms with Gasteiger partial charge < -0.3 is 16.0 Å². The Balaban J connectivity index is 1.94. The molecule has 1 heterocycles. The lowest BCUT2D eigenvalue weighted by Crippen LogP contribution is -2.52. The first-order valence-electron chi connectivity index (χ1n) is 8.00. The van der Waals surface area contributed by atoms with E-state index in [1.54, 1.807) is 13.8 Å². The standard InChI is InChI=1S/C16H22FN3O4S/c1-10(2)14(15(21)18-12-5-3-11(17)4-6-12)20-16(22)19-13-7-8-25(23,24)9-13/h3-6,10,13-14H,7-9H2,1-2H3,(H,18,21)(H2,19,20,22)/t13-,14-/m0/s1. The molecule has 25 heavy (non-hydrogen) atoms. The zero-order valence-electron chi connectivity index (χ0n) is 14.1. The third-order valence-corrected chi connectivity index (χ3v) is 5.68. The monoisotopic (exact) mass is 371 g/mol. The van der Waals surface area contributed by atoms with Crippen molar-refractivity contribution in [2.24, 2.45) is 5.92 Å². The summed E-state index contributed by atoms with van der Waals surface area (Å²) >= 11 is 0. The molecule has 138 valence electrons. The fourth-order valence-corrected chi connectivity index (χ4v) is 4.24. The highest BCUT2D eigenvalue weighted by molar-refractivity contribution is 7.91. The number of hydrogen-bond donors (Lipinski definition) is 3. The number of urea groups is 1. The van der Waals surface area contributed by atoms with Crippen molar-refractivity contribution in [1.29, 1.82) is 0 Å². The van der Waals surface area contributed by atoms with Gasteiger partial charge in [0.2, 0.25) is 5.91 Å². The lowest BCUT2D eigenvalue weighted by molar-refractivity contribution is -0.118. The Labute approximate surface area is 146 Å². The summed E-state index contributed by atoms with van der Waals surface area (Å²) in [5.74, 6) is -1.08. The van der Waals surface area contributed by atoms with E-state index in [2.05, 4.69) is 16.0 Å². The lowest BCUT2D eigenvalue weighted by Gasteiger charge is -2.23. The summed E-state index contributed by atoms with van der Waals surface area (Å²) in [6.45, 7) is 3.55. The minimum absolute atomic E-state index is 0.0522. The van der Waals surface area contributed by atoms with Gasteiger partial charge in [0.25, 0.3) is 0 Å². The number of amides is 3. The van der Waals surface area contributed by atoms with Gasteiger partial charge in [-0.15, -0.1) is 0 Å². The summed E-state index contributed by atoms with van der Waals surface area (Å²) in [7, 11) is -3.10. The van der Waals surface area contributed by atoms with Crippen LogP contribution in [-0.2, 0) is 14.6 Å². The molecule has 0 aliphatic carbocycles. The van der Waals surface area contributed by atoms with E-state index in [0.29, 0.717) is 12.1 Å². The van der Waals surface area contributed by atoms with Crippen molar-refractivity contribution >= 4 is 27.5 Å². The minimum Gasteiger partial charge on any atom is -0.334 e. The zero-order valence-corrected chi connectivity index (χ0v) is 14.9. The average molecular weight is 371 g/mol. The largest absolute Gasteiger partial charge is 0.334 e. The van der Waals surface area contributed by atoms with Gasteiger partial charge in [0, 0.05) is 11.7 Å². The number of carbonyl (C=O) groups excluding carboxylic acids is 2. The molecule has 1 aliphatic heterocycles. The summed E-state index contributed by atoms with van der Waals surface area (Å²) in [6.07, 6.45) is 0.365. The second-order valence-electron chi connectivity index (χ2n) is 6.44. The van der Waals surface area contributed by atoms with Gasteiger partial charge in [0.15, 0.2) is 9.84 Å². The van der Waals surface area contributed by atoms with E-state index < -0.39 is 39.7 Å². The van der Waals surface area contributed by atoms with Crippen molar-refractivity contribution in [3.63, 3.8) is 0 Å². The van der Waals surface area contributed by atoms with Crippen LogP contribution in [0, 0.1) is 11.7 Å². The molecule has 0 radical (unpaired) electrons. The van der Waals surface area contributed by atoms with Crippen LogP contribution in [0.25, 0.3) is 0 Å². The average Bonchev–Trinajstić information content (AvgIpc) is 2.85. The number of halogens is 1. The number of hydrogen-bond acceptors (Lipinski definition) is 4. The Morgan fingerprint density at radius 3 is 2.36 bits per heavy atom. The summed E-state index contributed by atoms with van der Waals surface area (Å²) < 4.78 is 35.8. The number of carbonyl (C=O) groups is 2. The Morgan fingerprint density at radius 2 is 1.84 bits per heavy atom. The number of sulfone groups is 1. The van der Waals surface area contributed by atoms with E-state index in [4.69, 9.17) is 0 Å². The third-order valence-electron chi connectivity index (χ3n) is 3.92. The number of rotatable bonds is 5. The molecule has 1 aromatic rings. The molecule has 2 rings (SSSR count). The van der Waals surface area contributed by atoms with Crippen LogP contribution in [0.3, 0.4) is 0 Å². The van der Waals surface area contributed by atoms with Gasteiger partial charge in [-0.25, -0.2) is 17.6 Å². The van der Waals surface area contributed by atoms with Crippen LogP contribution in [0.1, 0.15) is 20.3 Å². The van der Waals surface area contributed by atoms with Crippen LogP contribution < -0.4 is 16.0 Å². The predicted octanol–water partition coefficient (Wildman–Crippen LogP) is 1.28. The van der Waals surface area contributed by atoms with E-state index in [1.807, 2.05) is 0 Å². The molecule has 7 nitrogen and oxygen atoms in total. The molecular formula is C16H22FN3O4S. The van der Waals surface area contributed by atoms with Crippen molar-refractivity contribution in [3.8, 4) is 0 Å². The molecule has 0 spiro atoms. The topological polar surface area (TPSA) is 104 Å². The predicted molar refractivity (Wildman–Crippen MR) is 92.4 cm³/mol. The highest BCUT2D eigenvalue weighted by Crippen LogP contribution is 2.13. The molecule has 1 fully saturated rings. The second kappa shape index (κ2) is 7.81. The fraction of sp³-hybridized carbons (Fsp3) is 0.500. The van der Waals surface area contributed by atoms with E-state index in [0.717, 1.165) is 0 Å². The van der Waals surface area contributed by atoms with Gasteiger partial charge in [-0.1, -0.05) is 13.8 Å². The molecule has 0 saturated carbocycles. The van der Waals surface area contributed by atoms with Crippen molar-refractivity contribution in [3.05, 3.63) is 30.1 Å². The summed E-state index contributed by atoms with van der Waals surface area (Å²) in [4.78, 5) is 24.5. The van der Waals surface area contributed by atoms with E-state index in [-0.39, 0.29) is 17.4 Å². The lowest BCUT2D eigenvalue weighted by atomic mass is 10.0. The number of anilines is 1. The molecule has 3 N–H and O–H groups in total. The van der Waals surface area contributed by atoms with Gasteiger partial charge >= 0.3 is 6.03 Å². The summed E-state index contributed by atoms with van der Waals surface area (Å²) in [5.41, 5.74) is 0.418. The normalized spacial score (nSPS) is 20.1. The first-order chi connectivity index (χ1) is 11.7. The minimum atomic E-state index is -3.10. The maximum atomic E-state index is 12.9. The van der Waals surface area contributed by atoms with Crippen molar-refractivity contribution in [2.45, 2.75) is 32.4 Å². The van der Waals surface area contributed by atoms with Crippen LogP contribution in [0.2, 0.25) is 0 Å². The Bertz CT molecular complexity index is 734. The molecule has 0 bridgehead atoms. The van der Waals surface area contributed by atoms with Gasteiger partial charge in [0.05, 0.1) is 11.5 Å². The maximum absolute atomic E-state index is 12.9.